The molecule has 9 atom stereocenters. The van der Waals surface area contributed by atoms with Gasteiger partial charge in [0.1, 0.15) is 5.78 Å². The summed E-state index contributed by atoms with van der Waals surface area (Å²) in [6, 6.07) is 0. The molecule has 1 heterocycles. The molecular weight excluding hydrogens is 440 g/mol. The SMILES string of the molecule is C=C1C[C@H]2[C@]3(C)CCC(=O)C(C)(C)[C@H]3[C@@H](O)[C@@H](O)[C@]2(C)[C@H]2C(=O)O[C@](C)(C(=O)OC)C(=O)[C@]12C. The largest absolute Gasteiger partial charge is 0.466 e. The van der Waals surface area contributed by atoms with E-state index in [1.165, 1.54) is 6.92 Å². The van der Waals surface area contributed by atoms with E-state index in [-0.39, 0.29) is 11.7 Å². The third-order valence-corrected chi connectivity index (χ3v) is 10.4. The van der Waals surface area contributed by atoms with E-state index in [2.05, 4.69) is 6.58 Å². The van der Waals surface area contributed by atoms with Crippen LogP contribution in [0.2, 0.25) is 0 Å². The average molecular weight is 477 g/mol. The van der Waals surface area contributed by atoms with Crippen LogP contribution in [0.15, 0.2) is 12.2 Å². The summed E-state index contributed by atoms with van der Waals surface area (Å²) in [6.45, 7) is 14.3. The summed E-state index contributed by atoms with van der Waals surface area (Å²) in [5.74, 6) is -4.46. The van der Waals surface area contributed by atoms with E-state index < -0.39 is 69.0 Å². The zero-order valence-corrected chi connectivity index (χ0v) is 21.1. The van der Waals surface area contributed by atoms with E-state index in [1.807, 2.05) is 6.92 Å². The molecule has 1 saturated heterocycles. The Hall–Kier alpha value is -2.06. The van der Waals surface area contributed by atoms with Crippen molar-refractivity contribution in [1.29, 1.82) is 0 Å². The molecule has 0 unspecified atom stereocenters. The molecule has 2 N–H and O–H groups in total. The molecule has 34 heavy (non-hydrogen) atoms. The third kappa shape index (κ3) is 2.56. The van der Waals surface area contributed by atoms with E-state index in [0.717, 1.165) is 7.11 Å². The van der Waals surface area contributed by atoms with Gasteiger partial charge in [0, 0.05) is 23.2 Å². The Bertz CT molecular complexity index is 1010. The number of allylic oxidation sites excluding steroid dienone is 1. The van der Waals surface area contributed by atoms with Crippen molar-refractivity contribution in [1.82, 2.24) is 0 Å². The van der Waals surface area contributed by atoms with Crippen LogP contribution in [0.3, 0.4) is 0 Å². The highest BCUT2D eigenvalue weighted by molar-refractivity contribution is 6.15. The summed E-state index contributed by atoms with van der Waals surface area (Å²) in [5, 5.41) is 23.1. The fraction of sp³-hybridized carbons (Fsp3) is 0.769. The number of esters is 2. The van der Waals surface area contributed by atoms with Crippen LogP contribution in [0.5, 0.6) is 0 Å². The standard InChI is InChI=1S/C26H36O8/c1-12-11-13-23(4)10-9-14(27)22(2,3)16(23)15(28)18(29)25(13,6)17-19(30)34-26(7,21(32)33-8)20(31)24(12,17)5/h13,15-18,28-29H,1,9-11H2,2-8H3/t13-,15+,16+,17-,18+,23-,24+,25-,26-/m0/s1. The molecule has 0 bridgehead atoms. The smallest absolute Gasteiger partial charge is 0.358 e. The van der Waals surface area contributed by atoms with Crippen molar-refractivity contribution in [3.8, 4) is 0 Å². The number of cyclic esters (lactones) is 1. The first-order valence-corrected chi connectivity index (χ1v) is 11.9. The van der Waals surface area contributed by atoms with Crippen molar-refractivity contribution in [2.75, 3.05) is 7.11 Å². The van der Waals surface area contributed by atoms with Crippen molar-refractivity contribution in [2.45, 2.75) is 78.6 Å². The molecule has 4 aliphatic rings. The molecule has 8 heteroatoms. The van der Waals surface area contributed by atoms with Gasteiger partial charge in [-0.3, -0.25) is 14.4 Å². The first kappa shape index (κ1) is 25.0. The van der Waals surface area contributed by atoms with Gasteiger partial charge in [-0.2, -0.15) is 0 Å². The minimum absolute atomic E-state index is 0.0328. The van der Waals surface area contributed by atoms with Gasteiger partial charge in [0.2, 0.25) is 0 Å². The number of aliphatic hydroxyl groups excluding tert-OH is 2. The van der Waals surface area contributed by atoms with Crippen LogP contribution >= 0.6 is 0 Å². The van der Waals surface area contributed by atoms with Crippen LogP contribution in [-0.4, -0.2) is 58.6 Å². The maximum Gasteiger partial charge on any atom is 0.358 e. The highest BCUT2D eigenvalue weighted by Gasteiger charge is 2.77. The zero-order valence-electron chi connectivity index (χ0n) is 21.1. The summed E-state index contributed by atoms with van der Waals surface area (Å²) in [7, 11) is 1.12. The Morgan fingerprint density at radius 2 is 1.68 bits per heavy atom. The first-order chi connectivity index (χ1) is 15.5. The number of carbonyl (C=O) groups excluding carboxylic acids is 4. The monoisotopic (exact) mass is 476 g/mol. The fourth-order valence-corrected chi connectivity index (χ4v) is 8.56. The summed E-state index contributed by atoms with van der Waals surface area (Å²) >= 11 is 0. The molecule has 0 aromatic heterocycles. The van der Waals surface area contributed by atoms with Crippen LogP contribution in [0, 0.1) is 39.4 Å². The lowest BCUT2D eigenvalue weighted by Crippen LogP contribution is -2.76. The Balaban J connectivity index is 1.92. The third-order valence-electron chi connectivity index (χ3n) is 10.4. The number of rotatable bonds is 1. The molecular formula is C26H36O8. The number of hydrogen-bond acceptors (Lipinski definition) is 8. The maximum atomic E-state index is 13.8. The molecule has 3 aliphatic carbocycles. The second-order valence-electron chi connectivity index (χ2n) is 12.2. The quantitative estimate of drug-likeness (QED) is 0.334. The van der Waals surface area contributed by atoms with Crippen molar-refractivity contribution in [3.05, 3.63) is 12.2 Å². The topological polar surface area (TPSA) is 127 Å². The highest BCUT2D eigenvalue weighted by Crippen LogP contribution is 2.72. The van der Waals surface area contributed by atoms with Crippen LogP contribution in [0.1, 0.15) is 60.8 Å². The van der Waals surface area contributed by atoms with Crippen LogP contribution < -0.4 is 0 Å². The molecule has 0 amide bonds. The van der Waals surface area contributed by atoms with Gasteiger partial charge in [-0.05, 0) is 38.0 Å². The number of fused-ring (bicyclic) bond motifs is 5. The normalized spacial score (nSPS) is 50.0. The maximum absolute atomic E-state index is 13.8. The van der Waals surface area contributed by atoms with Gasteiger partial charge in [0.25, 0.3) is 5.60 Å². The average Bonchev–Trinajstić information content (AvgIpc) is 2.75. The minimum atomic E-state index is -2.13. The fourth-order valence-electron chi connectivity index (χ4n) is 8.56. The number of Topliss-reactive ketones (excluding diaryl/α,β-unsaturated/α-hetero) is 2. The van der Waals surface area contributed by atoms with Gasteiger partial charge in [-0.25, -0.2) is 4.79 Å². The molecule has 0 radical (unpaired) electrons. The Labute approximate surface area is 200 Å². The van der Waals surface area contributed by atoms with Crippen molar-refractivity contribution >= 4 is 23.5 Å². The Morgan fingerprint density at radius 1 is 1.09 bits per heavy atom. The number of ketones is 2. The van der Waals surface area contributed by atoms with Gasteiger partial charge >= 0.3 is 11.9 Å². The minimum Gasteiger partial charge on any atom is -0.466 e. The van der Waals surface area contributed by atoms with Gasteiger partial charge in [-0.1, -0.05) is 39.8 Å². The summed E-state index contributed by atoms with van der Waals surface area (Å²) in [5.41, 5.74) is -5.90. The second-order valence-corrected chi connectivity index (χ2v) is 12.2. The number of carbonyl (C=O) groups is 4. The first-order valence-electron chi connectivity index (χ1n) is 11.9. The predicted molar refractivity (Wildman–Crippen MR) is 120 cm³/mol. The highest BCUT2D eigenvalue weighted by atomic mass is 16.6. The molecule has 1 aliphatic heterocycles. The van der Waals surface area contributed by atoms with E-state index in [1.54, 1.807) is 27.7 Å². The molecule has 0 aromatic rings. The lowest BCUT2D eigenvalue weighted by molar-refractivity contribution is -0.273. The van der Waals surface area contributed by atoms with Crippen molar-refractivity contribution < 1.29 is 38.9 Å². The number of hydrogen-bond donors (Lipinski definition) is 2. The van der Waals surface area contributed by atoms with Gasteiger partial charge < -0.3 is 19.7 Å². The summed E-state index contributed by atoms with van der Waals surface area (Å²) < 4.78 is 10.3. The van der Waals surface area contributed by atoms with Crippen molar-refractivity contribution in [2.24, 2.45) is 39.4 Å². The number of methoxy groups -OCH3 is 1. The zero-order chi connectivity index (χ0) is 25.8. The van der Waals surface area contributed by atoms with E-state index in [0.29, 0.717) is 24.8 Å². The summed E-state index contributed by atoms with van der Waals surface area (Å²) in [4.78, 5) is 52.8. The Morgan fingerprint density at radius 3 is 2.24 bits per heavy atom. The van der Waals surface area contributed by atoms with Gasteiger partial charge in [0.15, 0.2) is 5.78 Å². The summed E-state index contributed by atoms with van der Waals surface area (Å²) in [6.07, 6.45) is -1.57. The number of aliphatic hydroxyl groups is 2. The van der Waals surface area contributed by atoms with Crippen LogP contribution in [0.25, 0.3) is 0 Å². The lowest BCUT2D eigenvalue weighted by Gasteiger charge is -2.70. The molecule has 0 aromatic carbocycles. The molecule has 0 spiro atoms. The van der Waals surface area contributed by atoms with Gasteiger partial charge in [-0.15, -0.1) is 0 Å². The van der Waals surface area contributed by atoms with Gasteiger partial charge in [0.05, 0.1) is 30.7 Å². The Kier molecular flexibility index (Phi) is 5.16. The molecule has 3 saturated carbocycles. The van der Waals surface area contributed by atoms with E-state index >= 15 is 0 Å². The van der Waals surface area contributed by atoms with Crippen LogP contribution in [-0.2, 0) is 28.7 Å². The predicted octanol–water partition coefficient (Wildman–Crippen LogP) is 2.00. The number of ether oxygens (including phenoxy) is 2. The van der Waals surface area contributed by atoms with Crippen LogP contribution in [0.4, 0.5) is 0 Å². The molecule has 4 fully saturated rings. The van der Waals surface area contributed by atoms with E-state index in [4.69, 9.17) is 9.47 Å². The molecule has 188 valence electrons. The second kappa shape index (κ2) is 7.00. The lowest BCUT2D eigenvalue weighted by atomic mass is 9.34. The van der Waals surface area contributed by atoms with Crippen molar-refractivity contribution in [3.63, 3.8) is 0 Å². The van der Waals surface area contributed by atoms with E-state index in [9.17, 15) is 29.4 Å². The molecule has 8 nitrogen and oxygen atoms in total. The molecule has 4 rings (SSSR count).